The van der Waals surface area contributed by atoms with Crippen LogP contribution in [0.3, 0.4) is 0 Å². The molecule has 0 aliphatic heterocycles. The van der Waals surface area contributed by atoms with Crippen molar-refractivity contribution in [3.8, 4) is 5.75 Å². The van der Waals surface area contributed by atoms with E-state index in [0.29, 0.717) is 6.04 Å². The summed E-state index contributed by atoms with van der Waals surface area (Å²) in [6.07, 6.45) is 5.87. The number of benzene rings is 2. The molecule has 188 valence electrons. The third kappa shape index (κ3) is 6.89. The Morgan fingerprint density at radius 3 is 2.28 bits per heavy atom. The highest BCUT2D eigenvalue weighted by atomic mass is 35.5. The maximum absolute atomic E-state index is 12.6. The summed E-state index contributed by atoms with van der Waals surface area (Å²) in [5, 5.41) is 15.9. The lowest BCUT2D eigenvalue weighted by Crippen LogP contribution is -2.42. The Morgan fingerprint density at radius 2 is 1.67 bits per heavy atom. The van der Waals surface area contributed by atoms with Crippen LogP contribution in [0, 0.1) is 0 Å². The lowest BCUT2D eigenvalue weighted by molar-refractivity contribution is -0.139. The van der Waals surface area contributed by atoms with E-state index in [9.17, 15) is 14.7 Å². The second-order valence-electron chi connectivity index (χ2n) is 8.76. The van der Waals surface area contributed by atoms with Crippen LogP contribution in [0.15, 0.2) is 66.9 Å². The maximum atomic E-state index is 12.6. The van der Waals surface area contributed by atoms with Gasteiger partial charge in [0.15, 0.2) is 0 Å². The number of rotatable bonds is 9. The van der Waals surface area contributed by atoms with Gasteiger partial charge in [0.05, 0.1) is 21.7 Å². The molecule has 0 spiro atoms. The van der Waals surface area contributed by atoms with E-state index in [4.69, 9.17) is 27.9 Å². The average molecular weight is 528 g/mol. The largest absolute Gasteiger partial charge is 0.490 e. The summed E-state index contributed by atoms with van der Waals surface area (Å²) in [4.78, 5) is 28.7. The molecule has 9 heteroatoms. The number of aliphatic carboxylic acids is 1. The molecule has 1 aromatic heterocycles. The zero-order chi connectivity index (χ0) is 25.5. The Hall–Kier alpha value is -3.29. The van der Waals surface area contributed by atoms with Crippen molar-refractivity contribution < 1.29 is 19.4 Å². The first kappa shape index (κ1) is 25.8. The number of nitrogens with one attached hydrogen (secondary N) is 2. The molecule has 4 rings (SSSR count). The second-order valence-corrected chi connectivity index (χ2v) is 9.57. The summed E-state index contributed by atoms with van der Waals surface area (Å²) in [5.41, 5.74) is 0.810. The van der Waals surface area contributed by atoms with Crippen LogP contribution in [0.4, 0.5) is 5.82 Å². The lowest BCUT2D eigenvalue weighted by Gasteiger charge is -2.29. The molecule has 0 bridgehead atoms. The van der Waals surface area contributed by atoms with Gasteiger partial charge in [-0.05, 0) is 67.6 Å². The van der Waals surface area contributed by atoms with Crippen LogP contribution in [0.25, 0.3) is 0 Å². The SMILES string of the molecule is O=C(N[C@H](Cc1ccc(OC2CCC(Nc3ccccn3)CC2)cc1)C(=O)O)c1c(Cl)cccc1Cl. The van der Waals surface area contributed by atoms with Gasteiger partial charge in [-0.3, -0.25) is 4.79 Å². The maximum Gasteiger partial charge on any atom is 0.326 e. The smallest absolute Gasteiger partial charge is 0.326 e. The molecule has 7 nitrogen and oxygen atoms in total. The molecular formula is C27H27Cl2N3O4. The molecule has 1 fully saturated rings. The van der Waals surface area contributed by atoms with Crippen molar-refractivity contribution >= 4 is 40.9 Å². The predicted octanol–water partition coefficient (Wildman–Crippen LogP) is 5.62. The summed E-state index contributed by atoms with van der Waals surface area (Å²) in [7, 11) is 0. The number of anilines is 1. The standard InChI is InChI=1S/C27H27Cl2N3O4/c28-21-4-3-5-22(29)25(21)26(33)32-23(27(34)35)16-17-7-11-19(12-8-17)36-20-13-9-18(10-14-20)31-24-6-1-2-15-30-24/h1-8,11-12,15,18,20,23H,9-10,13-14,16H2,(H,30,31)(H,32,33)(H,34,35)/t18?,20?,23-/m1/s1. The van der Waals surface area contributed by atoms with Crippen LogP contribution in [-0.2, 0) is 11.2 Å². The van der Waals surface area contributed by atoms with Crippen molar-refractivity contribution in [1.82, 2.24) is 10.3 Å². The quantitative estimate of drug-likeness (QED) is 0.334. The van der Waals surface area contributed by atoms with Gasteiger partial charge in [0.2, 0.25) is 0 Å². The van der Waals surface area contributed by atoms with Gasteiger partial charge in [0.25, 0.3) is 5.91 Å². The fourth-order valence-corrected chi connectivity index (χ4v) is 4.83. The number of pyridine rings is 1. The van der Waals surface area contributed by atoms with E-state index in [1.807, 2.05) is 42.5 Å². The van der Waals surface area contributed by atoms with Crippen molar-refractivity contribution in [3.63, 3.8) is 0 Å². The molecule has 36 heavy (non-hydrogen) atoms. The number of aromatic nitrogens is 1. The van der Waals surface area contributed by atoms with Crippen LogP contribution in [0.2, 0.25) is 10.0 Å². The fourth-order valence-electron chi connectivity index (χ4n) is 4.26. The second kappa shape index (κ2) is 12.1. The predicted molar refractivity (Wildman–Crippen MR) is 140 cm³/mol. The number of nitrogens with zero attached hydrogens (tertiary/aromatic N) is 1. The van der Waals surface area contributed by atoms with Crippen molar-refractivity contribution in [2.45, 2.75) is 50.3 Å². The van der Waals surface area contributed by atoms with Crippen molar-refractivity contribution in [3.05, 3.63) is 88.0 Å². The van der Waals surface area contributed by atoms with Crippen LogP contribution in [-0.4, -0.2) is 40.2 Å². The van der Waals surface area contributed by atoms with Gasteiger partial charge in [-0.15, -0.1) is 0 Å². The first-order valence-corrected chi connectivity index (χ1v) is 12.6. The highest BCUT2D eigenvalue weighted by Crippen LogP contribution is 2.27. The van der Waals surface area contributed by atoms with Gasteiger partial charge < -0.3 is 20.5 Å². The highest BCUT2D eigenvalue weighted by Gasteiger charge is 2.25. The third-order valence-corrected chi connectivity index (χ3v) is 6.78. The molecule has 1 saturated carbocycles. The normalized spacial score (nSPS) is 18.2. The minimum Gasteiger partial charge on any atom is -0.490 e. The number of amides is 1. The Labute approximate surface area is 219 Å². The third-order valence-electron chi connectivity index (χ3n) is 6.15. The summed E-state index contributed by atoms with van der Waals surface area (Å²) in [6, 6.07) is 17.0. The number of carbonyl (C=O) groups excluding carboxylic acids is 1. The highest BCUT2D eigenvalue weighted by molar-refractivity contribution is 6.39. The average Bonchev–Trinajstić information content (AvgIpc) is 2.86. The van der Waals surface area contributed by atoms with E-state index in [2.05, 4.69) is 15.6 Å². The first-order valence-electron chi connectivity index (χ1n) is 11.8. The number of ether oxygens (including phenoxy) is 1. The number of halogens is 2. The zero-order valence-electron chi connectivity index (χ0n) is 19.5. The van der Waals surface area contributed by atoms with Gasteiger partial charge >= 0.3 is 5.97 Å². The number of carboxylic acids is 1. The van der Waals surface area contributed by atoms with Crippen LogP contribution in [0.1, 0.15) is 41.6 Å². The summed E-state index contributed by atoms with van der Waals surface area (Å²) in [6.45, 7) is 0. The van der Waals surface area contributed by atoms with E-state index in [1.54, 1.807) is 12.3 Å². The molecule has 1 amide bonds. The van der Waals surface area contributed by atoms with Crippen molar-refractivity contribution in [2.24, 2.45) is 0 Å². The molecule has 0 saturated heterocycles. The molecule has 3 N–H and O–H groups in total. The summed E-state index contributed by atoms with van der Waals surface area (Å²) < 4.78 is 6.15. The molecule has 0 radical (unpaired) electrons. The number of hydrogen-bond donors (Lipinski definition) is 3. The Bertz CT molecular complexity index is 1160. The minimum absolute atomic E-state index is 0.0563. The lowest BCUT2D eigenvalue weighted by atomic mass is 9.93. The Balaban J connectivity index is 1.29. The van der Waals surface area contributed by atoms with E-state index in [-0.39, 0.29) is 28.1 Å². The monoisotopic (exact) mass is 527 g/mol. The van der Waals surface area contributed by atoms with E-state index >= 15 is 0 Å². The molecule has 2 aromatic carbocycles. The van der Waals surface area contributed by atoms with Gasteiger partial charge in [-0.2, -0.15) is 0 Å². The first-order chi connectivity index (χ1) is 17.4. The molecule has 3 aromatic rings. The van der Waals surface area contributed by atoms with E-state index < -0.39 is 17.9 Å². The number of carbonyl (C=O) groups is 2. The van der Waals surface area contributed by atoms with Crippen molar-refractivity contribution in [2.75, 3.05) is 5.32 Å². The van der Waals surface area contributed by atoms with Crippen LogP contribution >= 0.6 is 23.2 Å². The number of carboxylic acid groups (broad SMARTS) is 1. The Morgan fingerprint density at radius 1 is 0.972 bits per heavy atom. The molecule has 1 heterocycles. The fraction of sp³-hybridized carbons (Fsp3) is 0.296. The molecule has 1 aliphatic rings. The summed E-state index contributed by atoms with van der Waals surface area (Å²) >= 11 is 12.2. The van der Waals surface area contributed by atoms with Crippen LogP contribution < -0.4 is 15.4 Å². The molecule has 1 atom stereocenters. The molecule has 1 aliphatic carbocycles. The van der Waals surface area contributed by atoms with Gasteiger partial charge in [-0.1, -0.05) is 47.5 Å². The van der Waals surface area contributed by atoms with Gasteiger partial charge in [0.1, 0.15) is 17.6 Å². The van der Waals surface area contributed by atoms with Crippen LogP contribution in [0.5, 0.6) is 5.75 Å². The van der Waals surface area contributed by atoms with Gasteiger partial charge in [-0.25, -0.2) is 9.78 Å². The summed E-state index contributed by atoms with van der Waals surface area (Å²) in [5.74, 6) is -0.157. The van der Waals surface area contributed by atoms with E-state index in [0.717, 1.165) is 42.8 Å². The topological polar surface area (TPSA) is 101 Å². The van der Waals surface area contributed by atoms with Gasteiger partial charge in [0, 0.05) is 18.7 Å². The Kier molecular flexibility index (Phi) is 8.67. The number of hydrogen-bond acceptors (Lipinski definition) is 5. The molecular weight excluding hydrogens is 501 g/mol. The van der Waals surface area contributed by atoms with Crippen molar-refractivity contribution in [1.29, 1.82) is 0 Å². The minimum atomic E-state index is -1.15. The molecule has 0 unspecified atom stereocenters. The van der Waals surface area contributed by atoms with E-state index in [1.165, 1.54) is 12.1 Å². The zero-order valence-corrected chi connectivity index (χ0v) is 21.0.